The molecule has 0 aliphatic heterocycles. The van der Waals surface area contributed by atoms with E-state index in [-0.39, 0.29) is 0 Å². The van der Waals surface area contributed by atoms with Crippen molar-refractivity contribution >= 4 is 0 Å². The Hall–Kier alpha value is -0.870. The minimum atomic E-state index is 0.421. The summed E-state index contributed by atoms with van der Waals surface area (Å²) in [6, 6.07) is 2.61. The van der Waals surface area contributed by atoms with Gasteiger partial charge in [0, 0.05) is 25.2 Å². The molecule has 1 fully saturated rings. The molecule has 15 heavy (non-hydrogen) atoms. The van der Waals surface area contributed by atoms with Gasteiger partial charge in [-0.25, -0.2) is 0 Å². The van der Waals surface area contributed by atoms with Crippen molar-refractivity contribution in [2.24, 2.45) is 18.8 Å². The van der Waals surface area contributed by atoms with E-state index in [1.807, 2.05) is 11.7 Å². The average Bonchev–Trinajstić information content (AvgIpc) is 3.01. The number of hydrogen-bond donors (Lipinski definition) is 2. The Bertz CT molecular complexity index is 327. The van der Waals surface area contributed by atoms with Crippen molar-refractivity contribution in [1.82, 2.24) is 15.2 Å². The molecule has 0 radical (unpaired) electrons. The zero-order chi connectivity index (χ0) is 10.8. The molecule has 1 unspecified atom stereocenters. The second-order valence-corrected chi connectivity index (χ2v) is 4.42. The molecular weight excluding hydrogens is 188 g/mol. The molecule has 1 atom stereocenters. The number of nitrogens with two attached hydrogens (primary N) is 1. The molecule has 0 bridgehead atoms. The Labute approximate surface area is 90.8 Å². The average molecular weight is 208 g/mol. The third-order valence-corrected chi connectivity index (χ3v) is 3.22. The van der Waals surface area contributed by atoms with Crippen LogP contribution in [0.2, 0.25) is 0 Å². The molecule has 1 aliphatic rings. The SMILES string of the molecule is CCc1cc(CC(NN)C2CC2)n(C)n1. The summed E-state index contributed by atoms with van der Waals surface area (Å²) < 4.78 is 1.98. The Kier molecular flexibility index (Phi) is 3.07. The summed E-state index contributed by atoms with van der Waals surface area (Å²) in [6.07, 6.45) is 4.61. The third kappa shape index (κ3) is 2.38. The summed E-state index contributed by atoms with van der Waals surface area (Å²) in [5, 5.41) is 4.44. The largest absolute Gasteiger partial charge is 0.272 e. The number of hydrogen-bond acceptors (Lipinski definition) is 3. The molecule has 4 heteroatoms. The van der Waals surface area contributed by atoms with Gasteiger partial charge in [-0.15, -0.1) is 0 Å². The first-order valence-corrected chi connectivity index (χ1v) is 5.72. The van der Waals surface area contributed by atoms with Gasteiger partial charge in [-0.05, 0) is 31.2 Å². The predicted octanol–water partition coefficient (Wildman–Crippen LogP) is 0.767. The van der Waals surface area contributed by atoms with E-state index in [2.05, 4.69) is 23.5 Å². The highest BCUT2D eigenvalue weighted by Crippen LogP contribution is 2.33. The van der Waals surface area contributed by atoms with Gasteiger partial charge in [0.1, 0.15) is 0 Å². The van der Waals surface area contributed by atoms with Crippen molar-refractivity contribution in [3.8, 4) is 0 Å². The first-order chi connectivity index (χ1) is 7.24. The number of nitrogens with zero attached hydrogens (tertiary/aromatic N) is 2. The van der Waals surface area contributed by atoms with Crippen molar-refractivity contribution in [3.05, 3.63) is 17.5 Å². The molecule has 0 aromatic carbocycles. The standard InChI is InChI=1S/C11H20N4/c1-3-9-6-10(15(2)14-9)7-11(13-12)8-4-5-8/h6,8,11,13H,3-5,7,12H2,1-2H3. The minimum Gasteiger partial charge on any atom is -0.272 e. The molecular formula is C11H20N4. The van der Waals surface area contributed by atoms with Gasteiger partial charge in [0.15, 0.2) is 0 Å². The maximum absolute atomic E-state index is 5.57. The molecule has 0 spiro atoms. The normalized spacial score (nSPS) is 18.1. The predicted molar refractivity (Wildman–Crippen MR) is 60.1 cm³/mol. The molecule has 3 N–H and O–H groups in total. The molecule has 0 amide bonds. The van der Waals surface area contributed by atoms with Crippen LogP contribution >= 0.6 is 0 Å². The lowest BCUT2D eigenvalue weighted by atomic mass is 10.1. The number of aryl methyl sites for hydroxylation is 2. The van der Waals surface area contributed by atoms with Crippen LogP contribution in [0.1, 0.15) is 31.2 Å². The van der Waals surface area contributed by atoms with Gasteiger partial charge in [0.2, 0.25) is 0 Å². The van der Waals surface area contributed by atoms with E-state index in [0.717, 1.165) is 18.8 Å². The Balaban J connectivity index is 2.04. The zero-order valence-electron chi connectivity index (χ0n) is 9.53. The number of nitrogens with one attached hydrogen (secondary N) is 1. The number of rotatable bonds is 5. The minimum absolute atomic E-state index is 0.421. The van der Waals surface area contributed by atoms with Crippen LogP contribution in [-0.2, 0) is 19.9 Å². The van der Waals surface area contributed by atoms with Crippen molar-refractivity contribution in [1.29, 1.82) is 0 Å². The second kappa shape index (κ2) is 4.33. The van der Waals surface area contributed by atoms with Gasteiger partial charge in [-0.2, -0.15) is 5.10 Å². The van der Waals surface area contributed by atoms with Crippen LogP contribution in [0.4, 0.5) is 0 Å². The van der Waals surface area contributed by atoms with E-state index in [4.69, 9.17) is 5.84 Å². The Morgan fingerprint density at radius 3 is 2.87 bits per heavy atom. The molecule has 4 nitrogen and oxygen atoms in total. The van der Waals surface area contributed by atoms with E-state index in [9.17, 15) is 0 Å². The summed E-state index contributed by atoms with van der Waals surface area (Å²) >= 11 is 0. The molecule has 1 aliphatic carbocycles. The molecule has 1 aromatic heterocycles. The van der Waals surface area contributed by atoms with Gasteiger partial charge in [0.05, 0.1) is 5.69 Å². The third-order valence-electron chi connectivity index (χ3n) is 3.22. The van der Waals surface area contributed by atoms with Crippen LogP contribution in [0.5, 0.6) is 0 Å². The molecule has 1 heterocycles. The van der Waals surface area contributed by atoms with Crippen LogP contribution in [0.3, 0.4) is 0 Å². The van der Waals surface area contributed by atoms with Gasteiger partial charge < -0.3 is 0 Å². The summed E-state index contributed by atoms with van der Waals surface area (Å²) in [7, 11) is 2.01. The van der Waals surface area contributed by atoms with E-state index in [0.29, 0.717) is 6.04 Å². The fourth-order valence-electron chi connectivity index (χ4n) is 2.02. The van der Waals surface area contributed by atoms with Crippen LogP contribution in [0.25, 0.3) is 0 Å². The lowest BCUT2D eigenvalue weighted by molar-refractivity contribution is 0.460. The highest BCUT2D eigenvalue weighted by molar-refractivity contribution is 5.12. The summed E-state index contributed by atoms with van der Waals surface area (Å²) in [6.45, 7) is 2.13. The van der Waals surface area contributed by atoms with Crippen LogP contribution < -0.4 is 11.3 Å². The van der Waals surface area contributed by atoms with Crippen LogP contribution in [0, 0.1) is 5.92 Å². The summed E-state index contributed by atoms with van der Waals surface area (Å²) in [5.41, 5.74) is 5.37. The monoisotopic (exact) mass is 208 g/mol. The van der Waals surface area contributed by atoms with E-state index in [1.165, 1.54) is 24.2 Å². The first-order valence-electron chi connectivity index (χ1n) is 5.72. The first kappa shape index (κ1) is 10.6. The van der Waals surface area contributed by atoms with Crippen molar-refractivity contribution in [2.75, 3.05) is 0 Å². The Morgan fingerprint density at radius 2 is 2.40 bits per heavy atom. The van der Waals surface area contributed by atoms with Crippen molar-refractivity contribution in [2.45, 2.75) is 38.6 Å². The molecule has 1 saturated carbocycles. The fourth-order valence-corrected chi connectivity index (χ4v) is 2.02. The smallest absolute Gasteiger partial charge is 0.0624 e. The van der Waals surface area contributed by atoms with Crippen LogP contribution in [0.15, 0.2) is 6.07 Å². The highest BCUT2D eigenvalue weighted by atomic mass is 15.3. The lowest BCUT2D eigenvalue weighted by Crippen LogP contribution is -2.38. The van der Waals surface area contributed by atoms with Gasteiger partial charge in [-0.3, -0.25) is 16.0 Å². The van der Waals surface area contributed by atoms with Crippen molar-refractivity contribution < 1.29 is 0 Å². The molecule has 0 saturated heterocycles. The topological polar surface area (TPSA) is 55.9 Å². The van der Waals surface area contributed by atoms with Gasteiger partial charge >= 0.3 is 0 Å². The highest BCUT2D eigenvalue weighted by Gasteiger charge is 2.31. The maximum Gasteiger partial charge on any atom is 0.0624 e. The Morgan fingerprint density at radius 1 is 1.67 bits per heavy atom. The zero-order valence-corrected chi connectivity index (χ0v) is 9.53. The molecule has 2 rings (SSSR count). The quantitative estimate of drug-likeness (QED) is 0.555. The van der Waals surface area contributed by atoms with E-state index >= 15 is 0 Å². The molecule has 84 valence electrons. The van der Waals surface area contributed by atoms with E-state index in [1.54, 1.807) is 0 Å². The second-order valence-electron chi connectivity index (χ2n) is 4.42. The van der Waals surface area contributed by atoms with Gasteiger partial charge in [0.25, 0.3) is 0 Å². The van der Waals surface area contributed by atoms with Crippen LogP contribution in [-0.4, -0.2) is 15.8 Å². The summed E-state index contributed by atoms with van der Waals surface area (Å²) in [4.78, 5) is 0. The number of hydrazine groups is 1. The molecule has 1 aromatic rings. The fraction of sp³-hybridized carbons (Fsp3) is 0.727. The number of aromatic nitrogens is 2. The van der Waals surface area contributed by atoms with Crippen molar-refractivity contribution in [3.63, 3.8) is 0 Å². The summed E-state index contributed by atoms with van der Waals surface area (Å²) in [5.74, 6) is 6.34. The van der Waals surface area contributed by atoms with E-state index < -0.39 is 0 Å². The lowest BCUT2D eigenvalue weighted by Gasteiger charge is -2.14. The maximum atomic E-state index is 5.57. The van der Waals surface area contributed by atoms with Gasteiger partial charge in [-0.1, -0.05) is 6.92 Å².